The number of hydrogen-bond acceptors (Lipinski definition) is 4. The van der Waals surface area contributed by atoms with Gasteiger partial charge in [-0.15, -0.1) is 0 Å². The lowest BCUT2D eigenvalue weighted by atomic mass is 10.0. The predicted octanol–water partition coefficient (Wildman–Crippen LogP) is 1.69. The molecule has 21 heavy (non-hydrogen) atoms. The Bertz CT molecular complexity index is 547. The summed E-state index contributed by atoms with van der Waals surface area (Å²) in [6.07, 6.45) is 7.28. The molecule has 6 nitrogen and oxygen atoms in total. The van der Waals surface area contributed by atoms with Crippen LogP contribution in [0.2, 0.25) is 0 Å². The summed E-state index contributed by atoms with van der Waals surface area (Å²) in [6, 6.07) is 0. The first-order chi connectivity index (χ1) is 10.0. The van der Waals surface area contributed by atoms with Gasteiger partial charge in [0, 0.05) is 24.3 Å². The van der Waals surface area contributed by atoms with Crippen LogP contribution >= 0.6 is 0 Å². The van der Waals surface area contributed by atoms with Gasteiger partial charge >= 0.3 is 0 Å². The standard InChI is InChI=1S/C14H26N4O2S/c1-11-13(10-15-2)14(18-17-11)21(19,20)16-9-5-8-12-6-3-4-7-12/h12,15-16H,3-10H2,1-2H3,(H,17,18). The van der Waals surface area contributed by atoms with E-state index in [1.807, 2.05) is 6.92 Å². The van der Waals surface area contributed by atoms with E-state index in [0.29, 0.717) is 18.7 Å². The van der Waals surface area contributed by atoms with Gasteiger partial charge in [-0.1, -0.05) is 25.7 Å². The highest BCUT2D eigenvalue weighted by molar-refractivity contribution is 7.89. The van der Waals surface area contributed by atoms with Crippen molar-refractivity contribution >= 4 is 10.0 Å². The van der Waals surface area contributed by atoms with Crippen LogP contribution in [0.1, 0.15) is 49.8 Å². The lowest BCUT2D eigenvalue weighted by molar-refractivity contribution is 0.480. The third-order valence-corrected chi connectivity index (χ3v) is 5.63. The van der Waals surface area contributed by atoms with Crippen LogP contribution in [0.25, 0.3) is 0 Å². The second-order valence-corrected chi connectivity index (χ2v) is 7.54. The summed E-state index contributed by atoms with van der Waals surface area (Å²) < 4.78 is 27.3. The van der Waals surface area contributed by atoms with Crippen LogP contribution in [-0.2, 0) is 16.6 Å². The van der Waals surface area contributed by atoms with Gasteiger partial charge in [-0.25, -0.2) is 13.1 Å². The van der Waals surface area contributed by atoms with Gasteiger partial charge in [0.25, 0.3) is 10.0 Å². The smallest absolute Gasteiger partial charge is 0.260 e. The molecule has 0 bridgehead atoms. The Kier molecular flexibility index (Phi) is 5.78. The number of H-pyrrole nitrogens is 1. The van der Waals surface area contributed by atoms with E-state index in [2.05, 4.69) is 20.2 Å². The minimum atomic E-state index is -3.52. The first kappa shape index (κ1) is 16.5. The highest BCUT2D eigenvalue weighted by Gasteiger charge is 2.23. The molecule has 120 valence electrons. The molecule has 0 aromatic carbocycles. The first-order valence-corrected chi connectivity index (χ1v) is 9.21. The van der Waals surface area contributed by atoms with Crippen LogP contribution in [0.3, 0.4) is 0 Å². The maximum absolute atomic E-state index is 12.3. The monoisotopic (exact) mass is 314 g/mol. The second-order valence-electron chi connectivity index (χ2n) is 5.85. The maximum Gasteiger partial charge on any atom is 0.260 e. The molecule has 1 fully saturated rings. The minimum absolute atomic E-state index is 0.121. The van der Waals surface area contributed by atoms with Crippen molar-refractivity contribution in [2.45, 2.75) is 57.0 Å². The predicted molar refractivity (Wildman–Crippen MR) is 82.5 cm³/mol. The first-order valence-electron chi connectivity index (χ1n) is 7.72. The van der Waals surface area contributed by atoms with E-state index in [1.165, 1.54) is 25.7 Å². The van der Waals surface area contributed by atoms with Crippen molar-refractivity contribution in [1.82, 2.24) is 20.2 Å². The molecule has 0 saturated heterocycles. The summed E-state index contributed by atoms with van der Waals surface area (Å²) in [4.78, 5) is 0. The van der Waals surface area contributed by atoms with Crippen LogP contribution in [0.4, 0.5) is 0 Å². The van der Waals surface area contributed by atoms with E-state index < -0.39 is 10.0 Å². The summed E-state index contributed by atoms with van der Waals surface area (Å²) in [5, 5.41) is 9.80. The Hall–Kier alpha value is -0.920. The van der Waals surface area contributed by atoms with Crippen LogP contribution in [0, 0.1) is 12.8 Å². The summed E-state index contributed by atoms with van der Waals surface area (Å²) in [7, 11) is -1.73. The number of nitrogens with zero attached hydrogens (tertiary/aromatic N) is 1. The van der Waals surface area contributed by atoms with E-state index in [-0.39, 0.29) is 5.03 Å². The molecule has 0 unspecified atom stereocenters. The molecule has 0 amide bonds. The van der Waals surface area contributed by atoms with Crippen LogP contribution in [0.15, 0.2) is 5.03 Å². The Morgan fingerprint density at radius 1 is 1.33 bits per heavy atom. The third kappa shape index (κ3) is 4.28. The molecule has 1 aromatic heterocycles. The van der Waals surface area contributed by atoms with Crippen molar-refractivity contribution in [2.75, 3.05) is 13.6 Å². The highest BCUT2D eigenvalue weighted by atomic mass is 32.2. The van der Waals surface area contributed by atoms with Crippen molar-refractivity contribution in [1.29, 1.82) is 0 Å². The molecule has 1 saturated carbocycles. The summed E-state index contributed by atoms with van der Waals surface area (Å²) in [5.41, 5.74) is 1.50. The van der Waals surface area contributed by atoms with Gasteiger partial charge in [0.2, 0.25) is 0 Å². The Morgan fingerprint density at radius 2 is 2.05 bits per heavy atom. The van der Waals surface area contributed by atoms with Crippen LogP contribution < -0.4 is 10.0 Å². The largest absolute Gasteiger partial charge is 0.316 e. The maximum atomic E-state index is 12.3. The van der Waals surface area contributed by atoms with E-state index in [4.69, 9.17) is 0 Å². The summed E-state index contributed by atoms with van der Waals surface area (Å²) >= 11 is 0. The molecule has 1 aromatic rings. The van der Waals surface area contributed by atoms with Crippen molar-refractivity contribution < 1.29 is 8.42 Å². The van der Waals surface area contributed by atoms with E-state index in [9.17, 15) is 8.42 Å². The zero-order valence-corrected chi connectivity index (χ0v) is 13.7. The van der Waals surface area contributed by atoms with Crippen LogP contribution in [-0.4, -0.2) is 32.2 Å². The molecule has 0 spiro atoms. The van der Waals surface area contributed by atoms with Crippen molar-refractivity contribution in [3.63, 3.8) is 0 Å². The number of nitrogens with one attached hydrogen (secondary N) is 3. The summed E-state index contributed by atoms with van der Waals surface area (Å²) in [6.45, 7) is 2.81. The van der Waals surface area contributed by atoms with Crippen molar-refractivity contribution in [3.8, 4) is 0 Å². The van der Waals surface area contributed by atoms with Gasteiger partial charge in [-0.3, -0.25) is 5.10 Å². The van der Waals surface area contributed by atoms with Gasteiger partial charge in [-0.05, 0) is 32.7 Å². The minimum Gasteiger partial charge on any atom is -0.316 e. The molecule has 0 radical (unpaired) electrons. The van der Waals surface area contributed by atoms with E-state index >= 15 is 0 Å². The SMILES string of the molecule is CNCc1c(S(=O)(=O)NCCCC2CCCC2)n[nH]c1C. The molecule has 2 rings (SSSR count). The molecular formula is C14H26N4O2S. The Morgan fingerprint density at radius 3 is 2.71 bits per heavy atom. The lowest BCUT2D eigenvalue weighted by Crippen LogP contribution is -2.27. The summed E-state index contributed by atoms with van der Waals surface area (Å²) in [5.74, 6) is 0.794. The number of rotatable bonds is 8. The number of aryl methyl sites for hydroxylation is 1. The fourth-order valence-corrected chi connectivity index (χ4v) is 4.27. The van der Waals surface area contributed by atoms with Gasteiger partial charge in [0.15, 0.2) is 5.03 Å². The van der Waals surface area contributed by atoms with Gasteiger partial charge in [0.1, 0.15) is 0 Å². The van der Waals surface area contributed by atoms with Crippen molar-refractivity contribution in [2.24, 2.45) is 5.92 Å². The Labute approximate surface area is 127 Å². The average Bonchev–Trinajstić information content (AvgIpc) is 3.07. The van der Waals surface area contributed by atoms with E-state index in [1.54, 1.807) is 7.05 Å². The molecule has 1 aliphatic rings. The zero-order chi connectivity index (χ0) is 15.3. The van der Waals surface area contributed by atoms with Gasteiger partial charge in [0.05, 0.1) is 0 Å². The normalized spacial score (nSPS) is 16.7. The molecule has 7 heteroatoms. The average molecular weight is 314 g/mol. The molecule has 1 heterocycles. The van der Waals surface area contributed by atoms with Gasteiger partial charge < -0.3 is 5.32 Å². The number of hydrogen-bond donors (Lipinski definition) is 3. The fourth-order valence-electron chi connectivity index (χ4n) is 3.00. The molecule has 3 N–H and O–H groups in total. The van der Waals surface area contributed by atoms with Crippen molar-refractivity contribution in [3.05, 3.63) is 11.3 Å². The fraction of sp³-hybridized carbons (Fsp3) is 0.786. The number of aromatic nitrogens is 2. The third-order valence-electron chi connectivity index (χ3n) is 4.20. The zero-order valence-electron chi connectivity index (χ0n) is 12.9. The molecule has 1 aliphatic carbocycles. The topological polar surface area (TPSA) is 86.9 Å². The molecular weight excluding hydrogens is 288 g/mol. The Balaban J connectivity index is 1.89. The lowest BCUT2D eigenvalue weighted by Gasteiger charge is -2.10. The van der Waals surface area contributed by atoms with Gasteiger partial charge in [-0.2, -0.15) is 5.10 Å². The molecule has 0 atom stereocenters. The molecule has 0 aliphatic heterocycles. The second kappa shape index (κ2) is 7.38. The van der Waals surface area contributed by atoms with Crippen LogP contribution in [0.5, 0.6) is 0 Å². The quantitative estimate of drug-likeness (QED) is 0.637. The highest BCUT2D eigenvalue weighted by Crippen LogP contribution is 2.28. The number of aromatic amines is 1. The van der Waals surface area contributed by atoms with E-state index in [0.717, 1.165) is 24.5 Å². The number of sulfonamides is 1.